The van der Waals surface area contributed by atoms with Crippen LogP contribution < -0.4 is 29.7 Å². The third-order valence-corrected chi connectivity index (χ3v) is 10.0. The molecule has 0 radical (unpaired) electrons. The fourth-order valence-electron chi connectivity index (χ4n) is 6.13. The van der Waals surface area contributed by atoms with E-state index >= 15 is 0 Å². The average Bonchev–Trinajstić information content (AvgIpc) is 3.42. The van der Waals surface area contributed by atoms with Gasteiger partial charge in [-0.15, -0.1) is 6.58 Å². The lowest BCUT2D eigenvalue weighted by atomic mass is 9.93. The number of anilines is 1. The Morgan fingerprint density at radius 3 is 2.43 bits per heavy atom. The number of hydrogen-bond donors (Lipinski definition) is 1. The first kappa shape index (κ1) is 35.6. The first-order chi connectivity index (χ1) is 24.7. The molecular formula is C42H40ClN3O4S. The second kappa shape index (κ2) is 15.8. The standard InChI is InChI=1S/C42H40ClN3O4S/c1-6-13-31-22-28(23-35(49-7-2)39(31)50-25-32-14-11-12-17-34(32)43)24-36-41(48)46-38(30-20-18-29(19-21-30)26(3)4)37(27(5)44-42(46)51-36)40(47)45-33-15-9-8-10-16-33/h6,8-12,14-24,26,38H,1,7,13,25H2,2-5H3,(H,45,47)/b36-24+/t38-/m1/s1. The molecule has 1 aromatic heterocycles. The number of allylic oxidation sites excluding steroid dienone is 2. The van der Waals surface area contributed by atoms with Crippen LogP contribution in [0.3, 0.4) is 0 Å². The number of benzene rings is 4. The van der Waals surface area contributed by atoms with Gasteiger partial charge in [-0.2, -0.15) is 0 Å². The van der Waals surface area contributed by atoms with E-state index in [2.05, 4.69) is 37.9 Å². The highest BCUT2D eigenvalue weighted by Gasteiger charge is 2.32. The highest BCUT2D eigenvalue weighted by Crippen LogP contribution is 2.36. The first-order valence-corrected chi connectivity index (χ1v) is 18.1. The van der Waals surface area contributed by atoms with Crippen molar-refractivity contribution >= 4 is 40.6 Å². The Morgan fingerprint density at radius 2 is 1.75 bits per heavy atom. The summed E-state index contributed by atoms with van der Waals surface area (Å²) in [5.74, 6) is 1.18. The highest BCUT2D eigenvalue weighted by atomic mass is 35.5. The van der Waals surface area contributed by atoms with Gasteiger partial charge in [0.05, 0.1) is 28.5 Å². The summed E-state index contributed by atoms with van der Waals surface area (Å²) in [5, 5.41) is 3.64. The molecule has 2 heterocycles. The zero-order valence-corrected chi connectivity index (χ0v) is 30.7. The minimum absolute atomic E-state index is 0.239. The molecule has 0 spiro atoms. The molecule has 1 amide bonds. The number of nitrogens with one attached hydrogen (secondary N) is 1. The van der Waals surface area contributed by atoms with Crippen molar-refractivity contribution in [3.05, 3.63) is 167 Å². The Kier molecular flexibility index (Phi) is 11.0. The Bertz CT molecular complexity index is 2290. The molecule has 0 bridgehead atoms. The van der Waals surface area contributed by atoms with E-state index in [0.717, 1.165) is 22.3 Å². The molecule has 0 unspecified atom stereocenters. The molecule has 7 nitrogen and oxygen atoms in total. The Labute approximate surface area is 306 Å². The number of para-hydroxylation sites is 1. The van der Waals surface area contributed by atoms with Crippen molar-refractivity contribution in [1.82, 2.24) is 4.57 Å². The number of halogens is 1. The van der Waals surface area contributed by atoms with Crippen LogP contribution in [-0.4, -0.2) is 17.1 Å². The molecule has 6 rings (SSSR count). The molecule has 1 aliphatic rings. The molecule has 9 heteroatoms. The van der Waals surface area contributed by atoms with Gasteiger partial charge in [-0.3, -0.25) is 14.2 Å². The van der Waals surface area contributed by atoms with Crippen molar-refractivity contribution in [3.8, 4) is 11.5 Å². The maximum atomic E-state index is 14.4. The van der Waals surface area contributed by atoms with Gasteiger partial charge in [-0.1, -0.05) is 104 Å². The van der Waals surface area contributed by atoms with Gasteiger partial charge in [0.2, 0.25) is 0 Å². The third-order valence-electron chi connectivity index (χ3n) is 8.66. The SMILES string of the molecule is C=CCc1cc(/C=c2/sc3n(c2=O)[C@H](c2ccc(C(C)C)cc2)C(C(=O)Nc2ccccc2)=C(C)N=3)cc(OCC)c1OCc1ccccc1Cl. The molecule has 260 valence electrons. The highest BCUT2D eigenvalue weighted by molar-refractivity contribution is 7.07. The van der Waals surface area contributed by atoms with E-state index < -0.39 is 6.04 Å². The number of amides is 1. The van der Waals surface area contributed by atoms with Gasteiger partial charge in [-0.25, -0.2) is 4.99 Å². The Hall–Kier alpha value is -5.18. The number of ether oxygens (including phenoxy) is 2. The number of carbonyl (C=O) groups is 1. The van der Waals surface area contributed by atoms with Crippen molar-refractivity contribution < 1.29 is 14.3 Å². The average molecular weight is 718 g/mol. The lowest BCUT2D eigenvalue weighted by Crippen LogP contribution is -2.40. The van der Waals surface area contributed by atoms with Crippen LogP contribution in [-0.2, 0) is 17.8 Å². The Morgan fingerprint density at radius 1 is 1.02 bits per heavy atom. The summed E-state index contributed by atoms with van der Waals surface area (Å²) in [7, 11) is 0. The maximum absolute atomic E-state index is 14.4. The monoisotopic (exact) mass is 717 g/mol. The number of carbonyl (C=O) groups excluding carboxylic acids is 1. The van der Waals surface area contributed by atoms with E-state index in [9.17, 15) is 9.59 Å². The van der Waals surface area contributed by atoms with Crippen LogP contribution >= 0.6 is 22.9 Å². The molecule has 4 aromatic carbocycles. The maximum Gasteiger partial charge on any atom is 0.271 e. The fourth-order valence-corrected chi connectivity index (χ4v) is 7.36. The number of rotatable bonds is 12. The number of hydrogen-bond acceptors (Lipinski definition) is 6. The zero-order valence-electron chi connectivity index (χ0n) is 29.1. The quantitative estimate of drug-likeness (QED) is 0.132. The predicted octanol–water partition coefficient (Wildman–Crippen LogP) is 8.36. The predicted molar refractivity (Wildman–Crippen MR) is 207 cm³/mol. The zero-order chi connectivity index (χ0) is 36.1. The molecule has 1 atom stereocenters. The smallest absolute Gasteiger partial charge is 0.271 e. The van der Waals surface area contributed by atoms with Crippen LogP contribution in [0.15, 0.2) is 125 Å². The van der Waals surface area contributed by atoms with Crippen molar-refractivity contribution in [1.29, 1.82) is 0 Å². The number of aromatic nitrogens is 1. The van der Waals surface area contributed by atoms with Gasteiger partial charge in [-0.05, 0) is 79.3 Å². The second-order valence-electron chi connectivity index (χ2n) is 12.5. The normalized spacial score (nSPS) is 14.2. The van der Waals surface area contributed by atoms with Gasteiger partial charge >= 0.3 is 0 Å². The van der Waals surface area contributed by atoms with Crippen molar-refractivity contribution in [2.24, 2.45) is 4.99 Å². The van der Waals surface area contributed by atoms with Gasteiger partial charge < -0.3 is 14.8 Å². The van der Waals surface area contributed by atoms with Crippen LogP contribution in [0.1, 0.15) is 67.5 Å². The lowest BCUT2D eigenvalue weighted by molar-refractivity contribution is -0.113. The van der Waals surface area contributed by atoms with E-state index in [1.807, 2.05) is 98.8 Å². The second-order valence-corrected chi connectivity index (χ2v) is 14.0. The number of fused-ring (bicyclic) bond motifs is 1. The van der Waals surface area contributed by atoms with E-state index in [4.69, 9.17) is 26.1 Å². The lowest BCUT2D eigenvalue weighted by Gasteiger charge is -2.25. The van der Waals surface area contributed by atoms with Crippen LogP contribution in [0, 0.1) is 0 Å². The summed E-state index contributed by atoms with van der Waals surface area (Å²) >= 11 is 7.70. The first-order valence-electron chi connectivity index (χ1n) is 16.9. The summed E-state index contributed by atoms with van der Waals surface area (Å²) < 4.78 is 14.5. The summed E-state index contributed by atoms with van der Waals surface area (Å²) in [6, 6.07) is 28.2. The van der Waals surface area contributed by atoms with Crippen LogP contribution in [0.25, 0.3) is 6.08 Å². The molecule has 51 heavy (non-hydrogen) atoms. The van der Waals surface area contributed by atoms with Crippen LogP contribution in [0.2, 0.25) is 5.02 Å². The molecule has 0 saturated carbocycles. The third kappa shape index (κ3) is 7.77. The fraction of sp³-hybridized carbons (Fsp3) is 0.214. The van der Waals surface area contributed by atoms with Crippen molar-refractivity contribution in [2.45, 2.75) is 52.7 Å². The van der Waals surface area contributed by atoms with Gasteiger partial charge in [0.1, 0.15) is 6.61 Å². The Balaban J connectivity index is 1.45. The van der Waals surface area contributed by atoms with E-state index in [1.165, 1.54) is 16.9 Å². The van der Waals surface area contributed by atoms with Crippen molar-refractivity contribution in [3.63, 3.8) is 0 Å². The number of nitrogens with zero attached hydrogens (tertiary/aromatic N) is 2. The topological polar surface area (TPSA) is 81.9 Å². The molecule has 0 fully saturated rings. The molecular weight excluding hydrogens is 678 g/mol. The molecule has 0 saturated heterocycles. The van der Waals surface area contributed by atoms with Gasteiger partial charge in [0.15, 0.2) is 16.3 Å². The van der Waals surface area contributed by atoms with Gasteiger partial charge in [0, 0.05) is 21.8 Å². The van der Waals surface area contributed by atoms with Crippen molar-refractivity contribution in [2.75, 3.05) is 11.9 Å². The molecule has 0 aliphatic carbocycles. The minimum Gasteiger partial charge on any atom is -0.490 e. The number of thiazole rings is 1. The van der Waals surface area contributed by atoms with Crippen LogP contribution in [0.4, 0.5) is 5.69 Å². The largest absolute Gasteiger partial charge is 0.490 e. The van der Waals surface area contributed by atoms with E-state index in [0.29, 0.717) is 61.8 Å². The van der Waals surface area contributed by atoms with Crippen LogP contribution in [0.5, 0.6) is 11.5 Å². The molecule has 1 aliphatic heterocycles. The molecule has 5 aromatic rings. The summed E-state index contributed by atoms with van der Waals surface area (Å²) in [5.41, 5.74) is 5.88. The summed E-state index contributed by atoms with van der Waals surface area (Å²) in [4.78, 5) is 33.7. The summed E-state index contributed by atoms with van der Waals surface area (Å²) in [6.07, 6.45) is 4.17. The van der Waals surface area contributed by atoms with Gasteiger partial charge in [0.25, 0.3) is 11.5 Å². The van der Waals surface area contributed by atoms with E-state index in [1.54, 1.807) is 10.6 Å². The summed E-state index contributed by atoms with van der Waals surface area (Å²) in [6.45, 7) is 12.6. The molecule has 1 N–H and O–H groups in total. The van der Waals surface area contributed by atoms with E-state index in [-0.39, 0.29) is 18.1 Å². The minimum atomic E-state index is -0.677.